The van der Waals surface area contributed by atoms with Gasteiger partial charge < -0.3 is 25.0 Å². The van der Waals surface area contributed by atoms with Crippen LogP contribution in [0.2, 0.25) is 5.02 Å². The summed E-state index contributed by atoms with van der Waals surface area (Å²) in [6.07, 6.45) is 0.148. The van der Waals surface area contributed by atoms with Crippen molar-refractivity contribution in [2.75, 3.05) is 32.6 Å². The number of urea groups is 1. The quantitative estimate of drug-likeness (QED) is 0.666. The van der Waals surface area contributed by atoms with E-state index in [-0.39, 0.29) is 31.3 Å². The van der Waals surface area contributed by atoms with Crippen LogP contribution in [-0.2, 0) is 14.3 Å². The van der Waals surface area contributed by atoms with Gasteiger partial charge in [0.25, 0.3) is 0 Å². The normalized spacial score (nSPS) is 18.3. The van der Waals surface area contributed by atoms with Gasteiger partial charge in [0, 0.05) is 29.6 Å². The number of carbonyl (C=O) groups excluding carboxylic acids is 3. The fourth-order valence-corrected chi connectivity index (χ4v) is 3.64. The van der Waals surface area contributed by atoms with Gasteiger partial charge in [-0.25, -0.2) is 4.79 Å². The number of nitrogens with zero attached hydrogens (tertiary/aromatic N) is 1. The second-order valence-electron chi connectivity index (χ2n) is 7.15. The Morgan fingerprint density at radius 2 is 1.77 bits per heavy atom. The van der Waals surface area contributed by atoms with Gasteiger partial charge in [0.1, 0.15) is 12.3 Å². The van der Waals surface area contributed by atoms with Gasteiger partial charge in [-0.3, -0.25) is 9.59 Å². The highest BCUT2D eigenvalue weighted by molar-refractivity contribution is 6.30. The maximum absolute atomic E-state index is 12.7. The lowest BCUT2D eigenvalue weighted by Gasteiger charge is -2.38. The lowest BCUT2D eigenvalue weighted by molar-refractivity contribution is -0.148. The summed E-state index contributed by atoms with van der Waals surface area (Å²) in [5.74, 6) is -0.255. The molecule has 2 atom stereocenters. The molecule has 2 N–H and O–H groups in total. The Bertz CT molecular complexity index is 933. The molecule has 1 fully saturated rings. The monoisotopic (exact) mass is 445 g/mol. The first-order valence-electron chi connectivity index (χ1n) is 9.71. The Hall–Kier alpha value is -3.26. The summed E-state index contributed by atoms with van der Waals surface area (Å²) < 4.78 is 9.89. The largest absolute Gasteiger partial charge is 0.497 e. The van der Waals surface area contributed by atoms with Crippen LogP contribution in [0.15, 0.2) is 48.5 Å². The number of piperidine rings is 1. The van der Waals surface area contributed by atoms with Crippen molar-refractivity contribution in [2.24, 2.45) is 0 Å². The highest BCUT2D eigenvalue weighted by Crippen LogP contribution is 2.30. The van der Waals surface area contributed by atoms with Crippen LogP contribution in [0.3, 0.4) is 0 Å². The molecule has 8 nitrogen and oxygen atoms in total. The van der Waals surface area contributed by atoms with E-state index in [0.717, 1.165) is 5.56 Å². The van der Waals surface area contributed by atoms with E-state index < -0.39 is 18.0 Å². The van der Waals surface area contributed by atoms with Crippen LogP contribution in [0, 0.1) is 0 Å². The molecule has 0 aromatic heterocycles. The van der Waals surface area contributed by atoms with E-state index in [1.165, 1.54) is 12.0 Å². The van der Waals surface area contributed by atoms with Gasteiger partial charge >= 0.3 is 12.0 Å². The number of methoxy groups -OCH3 is 2. The molecule has 9 heteroatoms. The molecule has 0 aliphatic carbocycles. The van der Waals surface area contributed by atoms with Crippen molar-refractivity contribution in [1.82, 2.24) is 10.2 Å². The molecule has 31 heavy (non-hydrogen) atoms. The van der Waals surface area contributed by atoms with E-state index in [1.54, 1.807) is 31.4 Å². The number of nitrogens with one attached hydrogen (secondary N) is 2. The number of benzene rings is 2. The minimum Gasteiger partial charge on any atom is -0.497 e. The van der Waals surface area contributed by atoms with E-state index >= 15 is 0 Å². The first-order valence-corrected chi connectivity index (χ1v) is 10.1. The van der Waals surface area contributed by atoms with Crippen molar-refractivity contribution in [3.8, 4) is 5.75 Å². The third-order valence-corrected chi connectivity index (χ3v) is 5.41. The summed E-state index contributed by atoms with van der Waals surface area (Å²) in [7, 11) is 2.85. The maximum atomic E-state index is 12.7. The Labute approximate surface area is 185 Å². The summed E-state index contributed by atoms with van der Waals surface area (Å²) in [5, 5.41) is 6.27. The molecule has 1 heterocycles. The highest BCUT2D eigenvalue weighted by Gasteiger charge is 2.36. The first kappa shape index (κ1) is 22.4. The van der Waals surface area contributed by atoms with Crippen molar-refractivity contribution >= 4 is 35.2 Å². The molecule has 1 aliphatic heterocycles. The van der Waals surface area contributed by atoms with E-state index in [9.17, 15) is 14.4 Å². The molecule has 2 aromatic rings. The number of rotatable bonds is 6. The number of anilines is 1. The second-order valence-corrected chi connectivity index (χ2v) is 7.58. The van der Waals surface area contributed by atoms with E-state index in [4.69, 9.17) is 16.3 Å². The topological polar surface area (TPSA) is 97.0 Å². The Balaban J connectivity index is 1.78. The predicted octanol–water partition coefficient (Wildman–Crippen LogP) is 3.03. The van der Waals surface area contributed by atoms with E-state index in [0.29, 0.717) is 16.5 Å². The molecule has 3 rings (SSSR count). The average Bonchev–Trinajstić information content (AvgIpc) is 2.77. The van der Waals surface area contributed by atoms with Gasteiger partial charge in [0.2, 0.25) is 5.91 Å². The summed E-state index contributed by atoms with van der Waals surface area (Å²) in [5.41, 5.74) is 1.48. The molecule has 0 spiro atoms. The zero-order valence-electron chi connectivity index (χ0n) is 17.3. The molecule has 0 saturated carbocycles. The minimum atomic E-state index is -0.513. The summed E-state index contributed by atoms with van der Waals surface area (Å²) in [6.45, 7) is 0.0142. The highest BCUT2D eigenvalue weighted by atomic mass is 35.5. The molecule has 164 valence electrons. The van der Waals surface area contributed by atoms with Crippen LogP contribution in [-0.4, -0.2) is 56.2 Å². The number of halogens is 1. The molecule has 2 aromatic carbocycles. The molecule has 2 unspecified atom stereocenters. The van der Waals surface area contributed by atoms with Crippen LogP contribution >= 0.6 is 11.6 Å². The SMILES string of the molecule is COC(=O)CN1CC(NC(=O)Nc2ccc(Cl)cc2)C(c2ccc(OC)cc2)CC1=O. The fraction of sp³-hybridized carbons (Fsp3) is 0.318. The number of hydrogen-bond donors (Lipinski definition) is 2. The summed E-state index contributed by atoms with van der Waals surface area (Å²) in [6, 6.07) is 13.3. The van der Waals surface area contributed by atoms with Gasteiger partial charge in [-0.05, 0) is 42.0 Å². The van der Waals surface area contributed by atoms with Crippen molar-refractivity contribution < 1.29 is 23.9 Å². The number of likely N-dealkylation sites (tertiary alicyclic amines) is 1. The van der Waals surface area contributed by atoms with Crippen molar-refractivity contribution in [3.63, 3.8) is 0 Å². The van der Waals surface area contributed by atoms with Crippen LogP contribution in [0.4, 0.5) is 10.5 Å². The number of amides is 3. The molecule has 1 aliphatic rings. The smallest absolute Gasteiger partial charge is 0.325 e. The third-order valence-electron chi connectivity index (χ3n) is 5.16. The molecular formula is C22H24ClN3O5. The maximum Gasteiger partial charge on any atom is 0.325 e. The lowest BCUT2D eigenvalue weighted by atomic mass is 9.84. The van der Waals surface area contributed by atoms with Crippen LogP contribution in [0.1, 0.15) is 17.9 Å². The Kier molecular flexibility index (Phi) is 7.36. The van der Waals surface area contributed by atoms with Gasteiger partial charge in [-0.2, -0.15) is 0 Å². The standard InChI is InChI=1S/C22H24ClN3O5/c1-30-17-9-3-14(4-10-17)18-11-20(27)26(13-21(28)31-2)12-19(18)25-22(29)24-16-7-5-15(23)6-8-16/h3-10,18-19H,11-13H2,1-2H3,(H2,24,25,29). The zero-order valence-corrected chi connectivity index (χ0v) is 18.0. The zero-order chi connectivity index (χ0) is 22.4. The predicted molar refractivity (Wildman–Crippen MR) is 116 cm³/mol. The Morgan fingerprint density at radius 3 is 2.39 bits per heavy atom. The number of carbonyl (C=O) groups is 3. The van der Waals surface area contributed by atoms with Crippen LogP contribution in [0.5, 0.6) is 5.75 Å². The third kappa shape index (κ3) is 5.88. The Morgan fingerprint density at radius 1 is 1.10 bits per heavy atom. The summed E-state index contributed by atoms with van der Waals surface area (Å²) in [4.78, 5) is 38.4. The minimum absolute atomic E-state index is 0.148. The lowest BCUT2D eigenvalue weighted by Crippen LogP contribution is -2.55. The first-order chi connectivity index (χ1) is 14.9. The average molecular weight is 446 g/mol. The van der Waals surface area contributed by atoms with Gasteiger partial charge in [0.15, 0.2) is 0 Å². The second kappa shape index (κ2) is 10.2. The number of hydrogen-bond acceptors (Lipinski definition) is 5. The van der Waals surface area contributed by atoms with E-state index in [2.05, 4.69) is 15.4 Å². The van der Waals surface area contributed by atoms with Crippen molar-refractivity contribution in [1.29, 1.82) is 0 Å². The van der Waals surface area contributed by atoms with Crippen LogP contribution in [0.25, 0.3) is 0 Å². The van der Waals surface area contributed by atoms with Gasteiger partial charge in [0.05, 0.1) is 20.3 Å². The summed E-state index contributed by atoms with van der Waals surface area (Å²) >= 11 is 5.88. The van der Waals surface area contributed by atoms with Gasteiger partial charge in [-0.15, -0.1) is 0 Å². The molecule has 1 saturated heterocycles. The van der Waals surface area contributed by atoms with E-state index in [1.807, 2.05) is 24.3 Å². The fourth-order valence-electron chi connectivity index (χ4n) is 3.52. The molecule has 3 amide bonds. The van der Waals surface area contributed by atoms with Crippen molar-refractivity contribution in [3.05, 3.63) is 59.1 Å². The molecule has 0 radical (unpaired) electrons. The molecule has 0 bridgehead atoms. The van der Waals surface area contributed by atoms with Crippen molar-refractivity contribution in [2.45, 2.75) is 18.4 Å². The van der Waals surface area contributed by atoms with Gasteiger partial charge in [-0.1, -0.05) is 23.7 Å². The van der Waals surface area contributed by atoms with Crippen LogP contribution < -0.4 is 15.4 Å². The number of esters is 1. The molecular weight excluding hydrogens is 422 g/mol. The number of ether oxygens (including phenoxy) is 2.